The fourth-order valence-corrected chi connectivity index (χ4v) is 3.50. The zero-order valence-corrected chi connectivity index (χ0v) is 15.9. The van der Waals surface area contributed by atoms with Crippen molar-refractivity contribution in [2.24, 2.45) is 0 Å². The van der Waals surface area contributed by atoms with Crippen LogP contribution < -0.4 is 10.1 Å². The first-order valence-corrected chi connectivity index (χ1v) is 10.5. The van der Waals surface area contributed by atoms with Crippen molar-refractivity contribution in [3.63, 3.8) is 0 Å². The van der Waals surface area contributed by atoms with Crippen LogP contribution in [-0.4, -0.2) is 55.0 Å². The van der Waals surface area contributed by atoms with E-state index in [1.165, 1.54) is 23.2 Å². The largest absolute Gasteiger partial charge is 0.474 e. The van der Waals surface area contributed by atoms with Gasteiger partial charge in [0.15, 0.2) is 9.84 Å². The smallest absolute Gasteiger partial charge is 0.407 e. The summed E-state index contributed by atoms with van der Waals surface area (Å²) in [5, 5.41) is 11.9. The summed E-state index contributed by atoms with van der Waals surface area (Å²) in [5.41, 5.74) is 0.651. The van der Waals surface area contributed by atoms with E-state index in [4.69, 9.17) is 9.84 Å². The normalized spacial score (nSPS) is 15.3. The first kappa shape index (κ1) is 19.9. The van der Waals surface area contributed by atoms with Gasteiger partial charge in [0.2, 0.25) is 5.88 Å². The van der Waals surface area contributed by atoms with Gasteiger partial charge in [0.1, 0.15) is 11.9 Å². The molecule has 3 rings (SSSR count). The molecule has 1 aliphatic rings. The van der Waals surface area contributed by atoms with Gasteiger partial charge in [-0.05, 0) is 24.3 Å². The quantitative estimate of drug-likeness (QED) is 0.781. The van der Waals surface area contributed by atoms with E-state index in [9.17, 15) is 17.6 Å². The fourth-order valence-electron chi connectivity index (χ4n) is 2.87. The number of pyridine rings is 1. The van der Waals surface area contributed by atoms with Crippen LogP contribution in [0.1, 0.15) is 12.8 Å². The molecular weight excluding hydrogens is 389 g/mol. The Morgan fingerprint density at radius 2 is 2.00 bits per heavy atom. The summed E-state index contributed by atoms with van der Waals surface area (Å²) in [7, 11) is -3.49. The molecule has 0 unspecified atom stereocenters. The van der Waals surface area contributed by atoms with E-state index in [1.807, 2.05) is 0 Å². The number of hydrogen-bond acceptors (Lipinski definition) is 6. The minimum atomic E-state index is -3.49. The highest BCUT2D eigenvalue weighted by atomic mass is 32.2. The van der Waals surface area contributed by atoms with Gasteiger partial charge in [-0.1, -0.05) is 0 Å². The molecule has 0 radical (unpaired) electrons. The van der Waals surface area contributed by atoms with E-state index < -0.39 is 21.7 Å². The monoisotopic (exact) mass is 409 g/mol. The van der Waals surface area contributed by atoms with Crippen LogP contribution in [0.15, 0.2) is 41.4 Å². The Morgan fingerprint density at radius 1 is 1.29 bits per heavy atom. The summed E-state index contributed by atoms with van der Waals surface area (Å²) in [6.07, 6.45) is 2.56. The second-order valence-corrected chi connectivity index (χ2v) is 8.52. The van der Waals surface area contributed by atoms with Crippen molar-refractivity contribution in [2.75, 3.05) is 24.7 Å². The van der Waals surface area contributed by atoms with Crippen LogP contribution in [0.3, 0.4) is 0 Å². The van der Waals surface area contributed by atoms with E-state index in [-0.39, 0.29) is 16.7 Å². The van der Waals surface area contributed by atoms with Gasteiger partial charge in [0.25, 0.3) is 0 Å². The predicted octanol–water partition coefficient (Wildman–Crippen LogP) is 2.89. The van der Waals surface area contributed by atoms with Gasteiger partial charge in [-0.15, -0.1) is 0 Å². The molecule has 1 aliphatic heterocycles. The molecule has 1 saturated heterocycles. The van der Waals surface area contributed by atoms with Crippen LogP contribution in [0, 0.1) is 5.82 Å². The summed E-state index contributed by atoms with van der Waals surface area (Å²) in [6.45, 7) is 0.797. The number of rotatable bonds is 5. The van der Waals surface area contributed by atoms with E-state index in [0.717, 1.165) is 12.3 Å². The zero-order valence-electron chi connectivity index (χ0n) is 15.1. The number of anilines is 2. The molecule has 150 valence electrons. The Bertz CT molecular complexity index is 975. The van der Waals surface area contributed by atoms with Crippen molar-refractivity contribution in [3.05, 3.63) is 42.3 Å². The van der Waals surface area contributed by atoms with Gasteiger partial charge < -0.3 is 20.1 Å². The van der Waals surface area contributed by atoms with Crippen LogP contribution in [-0.2, 0) is 9.84 Å². The van der Waals surface area contributed by atoms with Crippen LogP contribution in [0.2, 0.25) is 0 Å². The lowest BCUT2D eigenvalue weighted by molar-refractivity contribution is 0.0871. The molecule has 2 N–H and O–H groups in total. The maximum absolute atomic E-state index is 14.2. The highest BCUT2D eigenvalue weighted by molar-refractivity contribution is 7.90. The molecule has 2 heterocycles. The highest BCUT2D eigenvalue weighted by Crippen LogP contribution is 2.25. The van der Waals surface area contributed by atoms with Gasteiger partial charge >= 0.3 is 6.09 Å². The van der Waals surface area contributed by atoms with Crippen molar-refractivity contribution in [2.45, 2.75) is 23.8 Å². The second kappa shape index (κ2) is 8.01. The predicted molar refractivity (Wildman–Crippen MR) is 100 cm³/mol. The third-order valence-electron chi connectivity index (χ3n) is 4.38. The first-order chi connectivity index (χ1) is 13.2. The highest BCUT2D eigenvalue weighted by Gasteiger charge is 2.23. The zero-order chi connectivity index (χ0) is 20.3. The summed E-state index contributed by atoms with van der Waals surface area (Å²) >= 11 is 0. The van der Waals surface area contributed by atoms with E-state index in [0.29, 0.717) is 37.5 Å². The number of carboxylic acid groups (broad SMARTS) is 1. The van der Waals surface area contributed by atoms with Crippen molar-refractivity contribution in [1.82, 2.24) is 9.88 Å². The van der Waals surface area contributed by atoms with Crippen molar-refractivity contribution in [1.29, 1.82) is 0 Å². The number of likely N-dealkylation sites (tertiary alicyclic amines) is 1. The third-order valence-corrected chi connectivity index (χ3v) is 5.49. The molecule has 2 aromatic rings. The molecule has 28 heavy (non-hydrogen) atoms. The molecule has 1 aromatic heterocycles. The van der Waals surface area contributed by atoms with E-state index in [2.05, 4.69) is 10.3 Å². The van der Waals surface area contributed by atoms with Crippen LogP contribution >= 0.6 is 0 Å². The Kier molecular flexibility index (Phi) is 5.68. The Morgan fingerprint density at radius 3 is 2.61 bits per heavy atom. The number of aromatic nitrogens is 1. The first-order valence-electron chi connectivity index (χ1n) is 8.59. The van der Waals surface area contributed by atoms with Crippen LogP contribution in [0.4, 0.5) is 20.6 Å². The van der Waals surface area contributed by atoms with Crippen molar-refractivity contribution < 1.29 is 27.4 Å². The molecule has 0 aliphatic carbocycles. The summed E-state index contributed by atoms with van der Waals surface area (Å²) in [6, 6.07) is 6.88. The fraction of sp³-hybridized carbons (Fsp3) is 0.333. The lowest BCUT2D eigenvalue weighted by atomic mass is 10.1. The third kappa shape index (κ3) is 4.89. The van der Waals surface area contributed by atoms with Gasteiger partial charge in [0.05, 0.1) is 10.6 Å². The molecule has 10 heteroatoms. The number of nitrogens with zero attached hydrogens (tertiary/aromatic N) is 2. The van der Waals surface area contributed by atoms with Gasteiger partial charge in [-0.25, -0.2) is 22.6 Å². The topological polar surface area (TPSA) is 109 Å². The Labute approximate surface area is 161 Å². The van der Waals surface area contributed by atoms with Gasteiger partial charge in [-0.3, -0.25) is 0 Å². The number of hydrogen-bond donors (Lipinski definition) is 2. The molecule has 1 aromatic carbocycles. The van der Waals surface area contributed by atoms with Crippen molar-refractivity contribution in [3.8, 4) is 5.88 Å². The lowest BCUT2D eigenvalue weighted by Crippen LogP contribution is -2.41. The number of benzene rings is 1. The minimum Gasteiger partial charge on any atom is -0.474 e. The Hall–Kier alpha value is -2.88. The lowest BCUT2D eigenvalue weighted by Gasteiger charge is -2.29. The molecular formula is C18H20FN3O5S. The van der Waals surface area contributed by atoms with Crippen LogP contribution in [0.5, 0.6) is 5.88 Å². The average Bonchev–Trinajstić information content (AvgIpc) is 2.63. The summed E-state index contributed by atoms with van der Waals surface area (Å²) in [5.74, 6) is -0.352. The number of carbonyl (C=O) groups is 1. The minimum absolute atomic E-state index is 0.0954. The standard InChI is InChI=1S/C18H20FN3O5S/c1-28(25,26)14-2-3-16(15(19)11-14)21-12-4-7-20-17(10-12)27-13-5-8-22(9-6-13)18(23)24/h2-4,7,10-11,13H,5-6,8-9H2,1H3,(H,20,21)(H,23,24). The molecule has 1 amide bonds. The number of ether oxygens (including phenoxy) is 1. The Balaban J connectivity index is 1.66. The van der Waals surface area contributed by atoms with Crippen LogP contribution in [0.25, 0.3) is 0 Å². The summed E-state index contributed by atoms with van der Waals surface area (Å²) in [4.78, 5) is 16.3. The van der Waals surface area contributed by atoms with Gasteiger partial charge in [0, 0.05) is 50.1 Å². The molecule has 0 bridgehead atoms. The van der Waals surface area contributed by atoms with E-state index >= 15 is 0 Å². The molecule has 0 atom stereocenters. The second-order valence-electron chi connectivity index (χ2n) is 6.51. The number of halogens is 1. The van der Waals surface area contributed by atoms with Crippen molar-refractivity contribution >= 4 is 27.3 Å². The summed E-state index contributed by atoms with van der Waals surface area (Å²) < 4.78 is 43.0. The molecule has 8 nitrogen and oxygen atoms in total. The maximum Gasteiger partial charge on any atom is 0.407 e. The number of sulfone groups is 1. The molecule has 0 spiro atoms. The average molecular weight is 409 g/mol. The number of nitrogens with one attached hydrogen (secondary N) is 1. The van der Waals surface area contributed by atoms with Gasteiger partial charge in [-0.2, -0.15) is 0 Å². The SMILES string of the molecule is CS(=O)(=O)c1ccc(Nc2ccnc(OC3CCN(C(=O)O)CC3)c2)c(F)c1. The van der Waals surface area contributed by atoms with E-state index in [1.54, 1.807) is 12.1 Å². The maximum atomic E-state index is 14.2. The number of amides is 1. The molecule has 0 saturated carbocycles. The molecule has 1 fully saturated rings. The number of piperidine rings is 1.